The Bertz CT molecular complexity index is 345. The molecule has 1 atom stereocenters. The second-order valence-corrected chi connectivity index (χ2v) is 3.20. The Morgan fingerprint density at radius 3 is 3.15 bits per heavy atom. The third kappa shape index (κ3) is 1.37. The molecule has 70 valence electrons. The second kappa shape index (κ2) is 2.76. The van der Waals surface area contributed by atoms with Crippen LogP contribution in [0, 0.1) is 5.92 Å². The van der Waals surface area contributed by atoms with E-state index in [1.807, 2.05) is 0 Å². The predicted octanol–water partition coefficient (Wildman–Crippen LogP) is 0.446. The standard InChI is InChI=1S/C8H10N2O3/c9-8-10-5-2-1-4(7(11)12)3-6(5)13-8/h4H,1-3H2,(H2,9,10)(H,11,12). The fourth-order valence-corrected chi connectivity index (χ4v) is 1.61. The number of anilines is 1. The van der Waals surface area contributed by atoms with E-state index in [4.69, 9.17) is 15.3 Å². The fourth-order valence-electron chi connectivity index (χ4n) is 1.61. The summed E-state index contributed by atoms with van der Waals surface area (Å²) in [4.78, 5) is 14.6. The largest absolute Gasteiger partial charge is 0.481 e. The number of carboxylic acids is 1. The van der Waals surface area contributed by atoms with Crippen molar-refractivity contribution in [2.45, 2.75) is 19.3 Å². The summed E-state index contributed by atoms with van der Waals surface area (Å²) in [6.45, 7) is 0. The van der Waals surface area contributed by atoms with Gasteiger partial charge >= 0.3 is 5.97 Å². The molecule has 0 amide bonds. The normalized spacial score (nSPS) is 21.1. The summed E-state index contributed by atoms with van der Waals surface area (Å²) in [6.07, 6.45) is 1.68. The highest BCUT2D eigenvalue weighted by Crippen LogP contribution is 2.26. The van der Waals surface area contributed by atoms with E-state index in [1.165, 1.54) is 0 Å². The van der Waals surface area contributed by atoms with Gasteiger partial charge in [0.05, 0.1) is 11.6 Å². The number of nitrogen functional groups attached to an aromatic ring is 1. The van der Waals surface area contributed by atoms with Gasteiger partial charge in [-0.3, -0.25) is 4.79 Å². The van der Waals surface area contributed by atoms with Crippen molar-refractivity contribution in [1.29, 1.82) is 0 Å². The molecule has 1 unspecified atom stereocenters. The number of carboxylic acid groups (broad SMARTS) is 1. The number of aromatic nitrogens is 1. The monoisotopic (exact) mass is 182 g/mol. The first-order valence-electron chi connectivity index (χ1n) is 4.13. The first-order chi connectivity index (χ1) is 6.16. The van der Waals surface area contributed by atoms with Crippen LogP contribution in [-0.2, 0) is 17.6 Å². The first kappa shape index (κ1) is 8.10. The average Bonchev–Trinajstić information content (AvgIpc) is 2.42. The quantitative estimate of drug-likeness (QED) is 0.658. The summed E-state index contributed by atoms with van der Waals surface area (Å²) < 4.78 is 5.09. The Kier molecular flexibility index (Phi) is 1.72. The molecule has 3 N–H and O–H groups in total. The molecule has 1 aliphatic carbocycles. The maximum absolute atomic E-state index is 10.7. The second-order valence-electron chi connectivity index (χ2n) is 3.20. The van der Waals surface area contributed by atoms with Crippen molar-refractivity contribution in [3.05, 3.63) is 11.5 Å². The summed E-state index contributed by atoms with van der Waals surface area (Å²) in [5, 5.41) is 8.78. The molecule has 0 saturated carbocycles. The van der Waals surface area contributed by atoms with Crippen LogP contribution in [-0.4, -0.2) is 16.1 Å². The lowest BCUT2D eigenvalue weighted by Crippen LogP contribution is -2.21. The smallest absolute Gasteiger partial charge is 0.306 e. The molecular formula is C8H10N2O3. The Balaban J connectivity index is 2.24. The van der Waals surface area contributed by atoms with Crippen LogP contribution in [0.25, 0.3) is 0 Å². The summed E-state index contributed by atoms with van der Waals surface area (Å²) in [6, 6.07) is 0.135. The molecule has 1 heterocycles. The Labute approximate surface area is 74.6 Å². The number of oxazole rings is 1. The minimum absolute atomic E-state index is 0.135. The number of aryl methyl sites for hydroxylation is 1. The summed E-state index contributed by atoms with van der Waals surface area (Å²) >= 11 is 0. The molecule has 0 radical (unpaired) electrons. The van der Waals surface area contributed by atoms with Gasteiger partial charge in [-0.25, -0.2) is 0 Å². The third-order valence-corrected chi connectivity index (χ3v) is 2.31. The number of hydrogen-bond acceptors (Lipinski definition) is 4. The van der Waals surface area contributed by atoms with E-state index in [0.717, 1.165) is 5.69 Å². The molecule has 0 spiro atoms. The van der Waals surface area contributed by atoms with Crippen molar-refractivity contribution in [1.82, 2.24) is 4.98 Å². The number of nitrogens with two attached hydrogens (primary N) is 1. The molecule has 0 aliphatic heterocycles. The molecule has 0 aromatic carbocycles. The molecule has 1 aromatic rings. The van der Waals surface area contributed by atoms with Gasteiger partial charge in [-0.05, 0) is 12.8 Å². The highest BCUT2D eigenvalue weighted by Gasteiger charge is 2.27. The number of rotatable bonds is 1. The Morgan fingerprint density at radius 2 is 2.46 bits per heavy atom. The molecule has 5 heteroatoms. The zero-order valence-corrected chi connectivity index (χ0v) is 6.99. The molecule has 1 aromatic heterocycles. The number of carbonyl (C=O) groups is 1. The molecular weight excluding hydrogens is 172 g/mol. The van der Waals surface area contributed by atoms with E-state index in [1.54, 1.807) is 0 Å². The van der Waals surface area contributed by atoms with Gasteiger partial charge in [0, 0.05) is 6.42 Å². The maximum atomic E-state index is 10.7. The molecule has 0 saturated heterocycles. The molecule has 0 bridgehead atoms. The molecule has 5 nitrogen and oxygen atoms in total. The molecule has 13 heavy (non-hydrogen) atoms. The predicted molar refractivity (Wildman–Crippen MR) is 44.1 cm³/mol. The van der Waals surface area contributed by atoms with Crippen LogP contribution in [0.1, 0.15) is 17.9 Å². The van der Waals surface area contributed by atoms with E-state index in [2.05, 4.69) is 4.98 Å². The Hall–Kier alpha value is -1.52. The van der Waals surface area contributed by atoms with Gasteiger partial charge < -0.3 is 15.3 Å². The number of hydrogen-bond donors (Lipinski definition) is 2. The van der Waals surface area contributed by atoms with E-state index >= 15 is 0 Å². The number of fused-ring (bicyclic) bond motifs is 1. The van der Waals surface area contributed by atoms with Crippen LogP contribution >= 0.6 is 0 Å². The van der Waals surface area contributed by atoms with Crippen molar-refractivity contribution in [3.8, 4) is 0 Å². The fraction of sp³-hybridized carbons (Fsp3) is 0.500. The lowest BCUT2D eigenvalue weighted by Gasteiger charge is -2.15. The third-order valence-electron chi connectivity index (χ3n) is 2.31. The Morgan fingerprint density at radius 1 is 1.69 bits per heavy atom. The minimum Gasteiger partial charge on any atom is -0.481 e. The van der Waals surface area contributed by atoms with Gasteiger partial charge in [0.2, 0.25) is 0 Å². The van der Waals surface area contributed by atoms with Crippen LogP contribution in [0.5, 0.6) is 0 Å². The highest BCUT2D eigenvalue weighted by molar-refractivity contribution is 5.70. The topological polar surface area (TPSA) is 89.4 Å². The van der Waals surface area contributed by atoms with Gasteiger partial charge in [-0.1, -0.05) is 0 Å². The molecule has 2 rings (SSSR count). The van der Waals surface area contributed by atoms with Gasteiger partial charge in [0.1, 0.15) is 5.76 Å². The van der Waals surface area contributed by atoms with E-state index < -0.39 is 5.97 Å². The van der Waals surface area contributed by atoms with Crippen molar-refractivity contribution in [2.24, 2.45) is 5.92 Å². The van der Waals surface area contributed by atoms with Gasteiger partial charge in [-0.15, -0.1) is 0 Å². The SMILES string of the molecule is Nc1nc2c(o1)CC(C(=O)O)CC2. The van der Waals surface area contributed by atoms with E-state index in [0.29, 0.717) is 25.0 Å². The first-order valence-corrected chi connectivity index (χ1v) is 4.13. The summed E-state index contributed by atoms with van der Waals surface area (Å²) in [5.41, 5.74) is 6.17. The lowest BCUT2D eigenvalue weighted by atomic mass is 9.91. The van der Waals surface area contributed by atoms with E-state index in [-0.39, 0.29) is 11.9 Å². The zero-order valence-electron chi connectivity index (χ0n) is 6.99. The molecule has 0 fully saturated rings. The molecule has 1 aliphatic rings. The van der Waals surface area contributed by atoms with Crippen LogP contribution < -0.4 is 5.73 Å². The number of aliphatic carboxylic acids is 1. The highest BCUT2D eigenvalue weighted by atomic mass is 16.4. The lowest BCUT2D eigenvalue weighted by molar-refractivity contribution is -0.142. The maximum Gasteiger partial charge on any atom is 0.306 e. The number of nitrogens with zero attached hydrogens (tertiary/aromatic N) is 1. The van der Waals surface area contributed by atoms with E-state index in [9.17, 15) is 4.79 Å². The van der Waals surface area contributed by atoms with Gasteiger partial charge in [0.25, 0.3) is 6.01 Å². The van der Waals surface area contributed by atoms with Crippen LogP contribution in [0.2, 0.25) is 0 Å². The van der Waals surface area contributed by atoms with Crippen molar-refractivity contribution < 1.29 is 14.3 Å². The van der Waals surface area contributed by atoms with Gasteiger partial charge in [-0.2, -0.15) is 4.98 Å². The summed E-state index contributed by atoms with van der Waals surface area (Å²) in [7, 11) is 0. The van der Waals surface area contributed by atoms with Crippen LogP contribution in [0.4, 0.5) is 6.01 Å². The van der Waals surface area contributed by atoms with Crippen LogP contribution in [0.15, 0.2) is 4.42 Å². The van der Waals surface area contributed by atoms with Crippen molar-refractivity contribution in [2.75, 3.05) is 5.73 Å². The zero-order chi connectivity index (χ0) is 9.42. The summed E-state index contributed by atoms with van der Waals surface area (Å²) in [5.74, 6) is -0.489. The average molecular weight is 182 g/mol. The van der Waals surface area contributed by atoms with Crippen molar-refractivity contribution >= 4 is 12.0 Å². The van der Waals surface area contributed by atoms with Gasteiger partial charge in [0.15, 0.2) is 0 Å². The minimum atomic E-state index is -0.777. The van der Waals surface area contributed by atoms with Crippen LogP contribution in [0.3, 0.4) is 0 Å². The van der Waals surface area contributed by atoms with Crippen molar-refractivity contribution in [3.63, 3.8) is 0 Å².